The fraction of sp³-hybridized carbons (Fsp3) is 0.346. The number of likely N-dealkylation sites (N-methyl/N-ethyl adjacent to an activating group) is 2. The first-order chi connectivity index (χ1) is 18.2. The van der Waals surface area contributed by atoms with Gasteiger partial charge in [-0.3, -0.25) is 0 Å². The van der Waals surface area contributed by atoms with E-state index in [1.165, 1.54) is 12.4 Å². The van der Waals surface area contributed by atoms with Gasteiger partial charge in [-0.1, -0.05) is 19.9 Å². The van der Waals surface area contributed by atoms with E-state index in [2.05, 4.69) is 53.9 Å². The second-order valence-electron chi connectivity index (χ2n) is 8.71. The molecule has 0 saturated carbocycles. The summed E-state index contributed by atoms with van der Waals surface area (Å²) in [6.07, 6.45) is 0.824. The van der Waals surface area contributed by atoms with E-state index in [4.69, 9.17) is 0 Å². The number of fused-ring (bicyclic) bond motifs is 1. The molecule has 0 spiro atoms. The molecule has 0 atom stereocenters. The molecular formula is C26H28F3N9. The Bertz CT molecular complexity index is 1420. The number of pyridine rings is 2. The molecule has 0 aromatic carbocycles. The summed E-state index contributed by atoms with van der Waals surface area (Å²) in [6, 6.07) is 6.91. The van der Waals surface area contributed by atoms with Crippen molar-refractivity contribution in [3.8, 4) is 17.3 Å². The van der Waals surface area contributed by atoms with E-state index in [1.807, 2.05) is 25.2 Å². The van der Waals surface area contributed by atoms with Crippen molar-refractivity contribution in [3.05, 3.63) is 59.7 Å². The zero-order valence-corrected chi connectivity index (χ0v) is 21.3. The predicted octanol–water partition coefficient (Wildman–Crippen LogP) is 4.70. The maximum absolute atomic E-state index is 13.2. The van der Waals surface area contributed by atoms with Crippen LogP contribution in [0.2, 0.25) is 0 Å². The standard InChI is InChI=1S/C26H28F3N9/c1-4-38(5-2)9-8-37(3)22-7-6-17(12-31-22)13-34-25-35-14-18(11-30)23(36-25)21-16-33-24-20(21)10-19(15-32-24)26(27,28)29/h6-7,10,12,14-16H,4-5,8-9,13H2,1-3H3,(H,32,33)(H,34,35,36). The molecule has 4 rings (SSSR count). The van der Waals surface area contributed by atoms with Gasteiger partial charge in [0.25, 0.3) is 0 Å². The molecule has 4 aromatic heterocycles. The molecule has 0 aliphatic carbocycles. The minimum atomic E-state index is -4.55. The van der Waals surface area contributed by atoms with Crippen molar-refractivity contribution in [1.29, 1.82) is 5.26 Å². The van der Waals surface area contributed by atoms with E-state index in [0.717, 1.165) is 49.8 Å². The zero-order valence-electron chi connectivity index (χ0n) is 21.3. The van der Waals surface area contributed by atoms with Crippen LogP contribution in [-0.4, -0.2) is 63.0 Å². The van der Waals surface area contributed by atoms with Crippen LogP contribution < -0.4 is 10.2 Å². The first-order valence-electron chi connectivity index (χ1n) is 12.2. The van der Waals surface area contributed by atoms with Crippen LogP contribution in [0.1, 0.15) is 30.5 Å². The first-order valence-corrected chi connectivity index (χ1v) is 12.2. The molecule has 0 aliphatic rings. The largest absolute Gasteiger partial charge is 0.417 e. The third-order valence-electron chi connectivity index (χ3n) is 6.32. The van der Waals surface area contributed by atoms with E-state index < -0.39 is 11.7 Å². The second-order valence-corrected chi connectivity index (χ2v) is 8.71. The molecule has 9 nitrogen and oxygen atoms in total. The number of alkyl halides is 3. The topological polar surface area (TPSA) is 110 Å². The molecule has 0 fully saturated rings. The number of halogens is 3. The molecule has 198 valence electrons. The normalized spacial score (nSPS) is 11.6. The van der Waals surface area contributed by atoms with Gasteiger partial charge in [0.1, 0.15) is 17.5 Å². The quantitative estimate of drug-likeness (QED) is 0.308. The highest BCUT2D eigenvalue weighted by molar-refractivity contribution is 5.94. The van der Waals surface area contributed by atoms with Crippen molar-refractivity contribution < 1.29 is 13.2 Å². The van der Waals surface area contributed by atoms with Gasteiger partial charge in [0.15, 0.2) is 0 Å². The maximum atomic E-state index is 13.2. The molecule has 0 radical (unpaired) electrons. The van der Waals surface area contributed by atoms with Crippen LogP contribution in [0.3, 0.4) is 0 Å². The van der Waals surface area contributed by atoms with Gasteiger partial charge in [0, 0.05) is 56.2 Å². The lowest BCUT2D eigenvalue weighted by Gasteiger charge is -2.23. The number of aromatic amines is 1. The number of rotatable bonds is 10. The van der Waals surface area contributed by atoms with Gasteiger partial charge < -0.3 is 20.1 Å². The lowest BCUT2D eigenvalue weighted by Crippen LogP contribution is -2.33. The Balaban J connectivity index is 1.50. The summed E-state index contributed by atoms with van der Waals surface area (Å²) in [5.41, 5.74) is 0.948. The van der Waals surface area contributed by atoms with Gasteiger partial charge in [-0.25, -0.2) is 19.9 Å². The van der Waals surface area contributed by atoms with Crippen LogP contribution in [0.4, 0.5) is 24.9 Å². The Kier molecular flexibility index (Phi) is 8.07. The Hall–Kier alpha value is -4.24. The molecular weight excluding hydrogens is 495 g/mol. The minimum Gasteiger partial charge on any atom is -0.358 e. The smallest absolute Gasteiger partial charge is 0.358 e. The highest BCUT2D eigenvalue weighted by atomic mass is 19.4. The van der Waals surface area contributed by atoms with Crippen molar-refractivity contribution in [2.45, 2.75) is 26.6 Å². The Morgan fingerprint density at radius 3 is 2.50 bits per heavy atom. The van der Waals surface area contributed by atoms with Crippen molar-refractivity contribution in [2.24, 2.45) is 0 Å². The Morgan fingerprint density at radius 2 is 1.84 bits per heavy atom. The van der Waals surface area contributed by atoms with Gasteiger partial charge >= 0.3 is 6.18 Å². The van der Waals surface area contributed by atoms with Gasteiger partial charge in [-0.05, 0) is 30.8 Å². The van der Waals surface area contributed by atoms with Crippen molar-refractivity contribution >= 4 is 22.8 Å². The summed E-state index contributed by atoms with van der Waals surface area (Å²) < 4.78 is 39.7. The third kappa shape index (κ3) is 6.00. The monoisotopic (exact) mass is 523 g/mol. The van der Waals surface area contributed by atoms with Crippen LogP contribution >= 0.6 is 0 Å². The van der Waals surface area contributed by atoms with Gasteiger partial charge in [0.05, 0.1) is 23.0 Å². The van der Waals surface area contributed by atoms with Crippen LogP contribution in [0.5, 0.6) is 0 Å². The number of hydrogen-bond acceptors (Lipinski definition) is 8. The SMILES string of the molecule is CCN(CC)CCN(C)c1ccc(CNc2ncc(C#N)c(-c3c[nH]c4ncc(C(F)(F)F)cc34)n2)cn1. The summed E-state index contributed by atoms with van der Waals surface area (Å²) in [5.74, 6) is 1.10. The van der Waals surface area contributed by atoms with Crippen LogP contribution in [-0.2, 0) is 12.7 Å². The lowest BCUT2D eigenvalue weighted by molar-refractivity contribution is -0.137. The van der Waals surface area contributed by atoms with Crippen LogP contribution in [0.25, 0.3) is 22.3 Å². The van der Waals surface area contributed by atoms with E-state index in [0.29, 0.717) is 12.1 Å². The lowest BCUT2D eigenvalue weighted by atomic mass is 10.1. The number of H-pyrrole nitrogens is 1. The van der Waals surface area contributed by atoms with E-state index in [9.17, 15) is 18.4 Å². The van der Waals surface area contributed by atoms with Crippen LogP contribution in [0, 0.1) is 11.3 Å². The molecule has 0 saturated heterocycles. The molecule has 2 N–H and O–H groups in total. The van der Waals surface area contributed by atoms with Gasteiger partial charge in [-0.15, -0.1) is 0 Å². The highest BCUT2D eigenvalue weighted by Crippen LogP contribution is 2.34. The second kappa shape index (κ2) is 11.4. The highest BCUT2D eigenvalue weighted by Gasteiger charge is 2.31. The van der Waals surface area contributed by atoms with Crippen LogP contribution in [0.15, 0.2) is 43.0 Å². The number of hydrogen-bond donors (Lipinski definition) is 2. The molecule has 0 bridgehead atoms. The number of anilines is 2. The molecule has 0 unspecified atom stereocenters. The fourth-order valence-corrected chi connectivity index (χ4v) is 3.98. The van der Waals surface area contributed by atoms with Crippen molar-refractivity contribution in [2.75, 3.05) is 43.4 Å². The Morgan fingerprint density at radius 1 is 1.05 bits per heavy atom. The van der Waals surface area contributed by atoms with Gasteiger partial charge in [-0.2, -0.15) is 18.4 Å². The fourth-order valence-electron chi connectivity index (χ4n) is 3.98. The van der Waals surface area contributed by atoms with E-state index in [-0.39, 0.29) is 28.2 Å². The number of nitrogens with one attached hydrogen (secondary N) is 2. The summed E-state index contributed by atoms with van der Waals surface area (Å²) in [4.78, 5) is 24.3. The molecule has 38 heavy (non-hydrogen) atoms. The first kappa shape index (κ1) is 26.8. The molecule has 12 heteroatoms. The third-order valence-corrected chi connectivity index (χ3v) is 6.32. The number of aromatic nitrogens is 5. The number of nitriles is 1. The maximum Gasteiger partial charge on any atom is 0.417 e. The average molecular weight is 524 g/mol. The predicted molar refractivity (Wildman–Crippen MR) is 139 cm³/mol. The summed E-state index contributed by atoms with van der Waals surface area (Å²) in [7, 11) is 2.01. The zero-order chi connectivity index (χ0) is 27.3. The molecule has 0 aliphatic heterocycles. The Labute approximate surface area is 218 Å². The molecule has 0 amide bonds. The molecule has 4 heterocycles. The summed E-state index contributed by atoms with van der Waals surface area (Å²) in [6.45, 7) is 8.49. The van der Waals surface area contributed by atoms with Gasteiger partial charge in [0.2, 0.25) is 5.95 Å². The van der Waals surface area contributed by atoms with Crippen molar-refractivity contribution in [3.63, 3.8) is 0 Å². The van der Waals surface area contributed by atoms with E-state index in [1.54, 1.807) is 6.20 Å². The van der Waals surface area contributed by atoms with Crippen molar-refractivity contribution in [1.82, 2.24) is 29.8 Å². The summed E-state index contributed by atoms with van der Waals surface area (Å²) >= 11 is 0. The number of nitrogens with zero attached hydrogens (tertiary/aromatic N) is 7. The minimum absolute atomic E-state index is 0.132. The molecule has 4 aromatic rings. The summed E-state index contributed by atoms with van der Waals surface area (Å²) in [5, 5.41) is 12.9. The average Bonchev–Trinajstić information content (AvgIpc) is 3.35. The van der Waals surface area contributed by atoms with E-state index >= 15 is 0 Å².